The summed E-state index contributed by atoms with van der Waals surface area (Å²) in [5.74, 6) is -2.49. The van der Waals surface area contributed by atoms with Crippen LogP contribution in [0.25, 0.3) is 0 Å². The first kappa shape index (κ1) is 16.1. The van der Waals surface area contributed by atoms with Crippen LogP contribution in [0.3, 0.4) is 0 Å². The van der Waals surface area contributed by atoms with Crippen LogP contribution in [0.15, 0.2) is 42.5 Å². The van der Waals surface area contributed by atoms with Crippen molar-refractivity contribution in [3.8, 4) is 5.75 Å². The molecule has 2 aromatic carbocycles. The lowest BCUT2D eigenvalue weighted by Crippen LogP contribution is -2.20. The van der Waals surface area contributed by atoms with Crippen molar-refractivity contribution in [2.75, 3.05) is 5.32 Å². The quantitative estimate of drug-likeness (QED) is 0.832. The summed E-state index contributed by atoms with van der Waals surface area (Å²) in [6, 6.07) is 8.50. The van der Waals surface area contributed by atoms with Crippen LogP contribution >= 0.6 is 11.6 Å². The fourth-order valence-corrected chi connectivity index (χ4v) is 1.93. The molecular formula is C14H8ClF4NO2. The second-order valence-electron chi connectivity index (χ2n) is 4.09. The second kappa shape index (κ2) is 6.23. The molecule has 0 heterocycles. The van der Waals surface area contributed by atoms with Gasteiger partial charge < -0.3 is 10.1 Å². The number of rotatable bonds is 3. The minimum atomic E-state index is -4.92. The van der Waals surface area contributed by atoms with Crippen molar-refractivity contribution in [3.63, 3.8) is 0 Å². The lowest BCUT2D eigenvalue weighted by Gasteiger charge is -2.14. The van der Waals surface area contributed by atoms with Crippen LogP contribution in [-0.2, 0) is 0 Å². The van der Waals surface area contributed by atoms with Gasteiger partial charge in [0, 0.05) is 0 Å². The Labute approximate surface area is 127 Å². The predicted molar refractivity (Wildman–Crippen MR) is 72.5 cm³/mol. The zero-order valence-electron chi connectivity index (χ0n) is 10.7. The number of halogens is 5. The van der Waals surface area contributed by atoms with E-state index in [1.165, 1.54) is 30.3 Å². The number of carbonyl (C=O) groups is 1. The Morgan fingerprint density at radius 3 is 2.41 bits per heavy atom. The first-order valence-corrected chi connectivity index (χ1v) is 6.26. The van der Waals surface area contributed by atoms with Crippen molar-refractivity contribution in [3.05, 3.63) is 58.9 Å². The van der Waals surface area contributed by atoms with E-state index < -0.39 is 29.4 Å². The first-order chi connectivity index (χ1) is 10.3. The van der Waals surface area contributed by atoms with Crippen LogP contribution in [0.5, 0.6) is 5.75 Å². The van der Waals surface area contributed by atoms with E-state index in [-0.39, 0.29) is 10.7 Å². The second-order valence-corrected chi connectivity index (χ2v) is 4.50. The highest BCUT2D eigenvalue weighted by molar-refractivity contribution is 6.34. The van der Waals surface area contributed by atoms with Crippen LogP contribution < -0.4 is 10.1 Å². The molecule has 2 rings (SSSR count). The zero-order chi connectivity index (χ0) is 16.3. The van der Waals surface area contributed by atoms with Gasteiger partial charge in [0.1, 0.15) is 5.82 Å². The highest BCUT2D eigenvalue weighted by Crippen LogP contribution is 2.31. The summed E-state index contributed by atoms with van der Waals surface area (Å²) in [4.78, 5) is 12.0. The number of alkyl halides is 3. The number of anilines is 1. The van der Waals surface area contributed by atoms with Crippen LogP contribution in [0.1, 0.15) is 10.4 Å². The highest BCUT2D eigenvalue weighted by Gasteiger charge is 2.32. The van der Waals surface area contributed by atoms with Crippen molar-refractivity contribution >= 4 is 23.2 Å². The molecule has 3 nitrogen and oxygen atoms in total. The number of hydrogen-bond donors (Lipinski definition) is 1. The molecule has 0 fully saturated rings. The van der Waals surface area contributed by atoms with Crippen LogP contribution in [0.4, 0.5) is 23.2 Å². The molecule has 0 radical (unpaired) electrons. The monoisotopic (exact) mass is 333 g/mol. The lowest BCUT2D eigenvalue weighted by atomic mass is 10.2. The van der Waals surface area contributed by atoms with Crippen molar-refractivity contribution in [2.24, 2.45) is 0 Å². The van der Waals surface area contributed by atoms with Gasteiger partial charge in [0.2, 0.25) is 0 Å². The molecule has 0 saturated carbocycles. The van der Waals surface area contributed by atoms with Gasteiger partial charge >= 0.3 is 6.36 Å². The molecule has 8 heteroatoms. The fraction of sp³-hybridized carbons (Fsp3) is 0.0714. The summed E-state index contributed by atoms with van der Waals surface area (Å²) in [6.07, 6.45) is -4.92. The number of carbonyl (C=O) groups excluding carboxylic acids is 1. The van der Waals surface area contributed by atoms with Crippen molar-refractivity contribution in [1.82, 2.24) is 0 Å². The molecule has 0 aliphatic carbocycles. The Bertz CT molecular complexity index is 683. The predicted octanol–water partition coefficient (Wildman–Crippen LogP) is 4.63. The number of benzene rings is 2. The Hall–Kier alpha value is -2.28. The summed E-state index contributed by atoms with van der Waals surface area (Å²) < 4.78 is 54.3. The number of ether oxygens (including phenoxy) is 1. The van der Waals surface area contributed by atoms with Crippen LogP contribution in [0.2, 0.25) is 5.02 Å². The molecule has 0 bridgehead atoms. The molecule has 2 aromatic rings. The SMILES string of the molecule is O=C(Nc1ccccc1OC(F)(F)F)c1c(F)cccc1Cl. The first-order valence-electron chi connectivity index (χ1n) is 5.88. The normalized spacial score (nSPS) is 11.1. The summed E-state index contributed by atoms with van der Waals surface area (Å²) in [5.41, 5.74) is -0.727. The average Bonchev–Trinajstić information content (AvgIpc) is 2.39. The topological polar surface area (TPSA) is 38.3 Å². The Morgan fingerprint density at radius 2 is 1.77 bits per heavy atom. The molecule has 0 atom stereocenters. The van der Waals surface area contributed by atoms with Crippen LogP contribution in [0, 0.1) is 5.82 Å². The molecule has 1 N–H and O–H groups in total. The lowest BCUT2D eigenvalue weighted by molar-refractivity contribution is -0.274. The maximum Gasteiger partial charge on any atom is 0.573 e. The van der Waals surface area contributed by atoms with Gasteiger partial charge in [-0.05, 0) is 24.3 Å². The molecule has 22 heavy (non-hydrogen) atoms. The number of nitrogens with one attached hydrogen (secondary N) is 1. The molecule has 0 unspecified atom stereocenters. The van der Waals surface area contributed by atoms with Crippen molar-refractivity contribution in [1.29, 1.82) is 0 Å². The van der Waals surface area contributed by atoms with Gasteiger partial charge in [0.15, 0.2) is 5.75 Å². The minimum Gasteiger partial charge on any atom is -0.404 e. The third-order valence-corrected chi connectivity index (χ3v) is 2.87. The van der Waals surface area contributed by atoms with Gasteiger partial charge in [-0.2, -0.15) is 0 Å². The highest BCUT2D eigenvalue weighted by atomic mass is 35.5. The molecule has 1 amide bonds. The number of hydrogen-bond acceptors (Lipinski definition) is 2. The number of amides is 1. The molecule has 0 aliphatic heterocycles. The van der Waals surface area contributed by atoms with E-state index in [1.54, 1.807) is 0 Å². The standard InChI is InChI=1S/C14H8ClF4NO2/c15-8-4-3-5-9(16)12(8)13(21)20-10-6-1-2-7-11(10)22-14(17,18)19/h1-7H,(H,20,21). The van der Waals surface area contributed by atoms with E-state index in [2.05, 4.69) is 10.1 Å². The molecular weight excluding hydrogens is 326 g/mol. The molecule has 0 aliphatic rings. The van der Waals surface area contributed by atoms with E-state index in [4.69, 9.17) is 11.6 Å². The number of para-hydroxylation sites is 2. The molecule has 116 valence electrons. The molecule has 0 spiro atoms. The fourth-order valence-electron chi connectivity index (χ4n) is 1.68. The van der Waals surface area contributed by atoms with E-state index in [0.717, 1.165) is 12.1 Å². The third-order valence-electron chi connectivity index (χ3n) is 2.55. The Balaban J connectivity index is 2.30. The summed E-state index contributed by atoms with van der Waals surface area (Å²) in [5, 5.41) is 1.98. The largest absolute Gasteiger partial charge is 0.573 e. The van der Waals surface area contributed by atoms with E-state index in [0.29, 0.717) is 0 Å². The van der Waals surface area contributed by atoms with Gasteiger partial charge in [-0.1, -0.05) is 29.8 Å². The van der Waals surface area contributed by atoms with Gasteiger partial charge in [0.25, 0.3) is 5.91 Å². The summed E-state index contributed by atoms with van der Waals surface area (Å²) in [6.45, 7) is 0. The third kappa shape index (κ3) is 3.88. The zero-order valence-corrected chi connectivity index (χ0v) is 11.5. The van der Waals surface area contributed by atoms with E-state index in [1.807, 2.05) is 0 Å². The maximum absolute atomic E-state index is 13.6. The van der Waals surface area contributed by atoms with Crippen LogP contribution in [-0.4, -0.2) is 12.3 Å². The molecule has 0 saturated heterocycles. The maximum atomic E-state index is 13.6. The van der Waals surface area contributed by atoms with Gasteiger partial charge in [-0.25, -0.2) is 4.39 Å². The van der Waals surface area contributed by atoms with Gasteiger partial charge in [-0.15, -0.1) is 13.2 Å². The van der Waals surface area contributed by atoms with Gasteiger partial charge in [-0.3, -0.25) is 4.79 Å². The molecule has 0 aromatic heterocycles. The Kier molecular flexibility index (Phi) is 4.56. The van der Waals surface area contributed by atoms with Crippen molar-refractivity contribution < 1.29 is 27.1 Å². The van der Waals surface area contributed by atoms with Crippen molar-refractivity contribution in [2.45, 2.75) is 6.36 Å². The van der Waals surface area contributed by atoms with Gasteiger partial charge in [0.05, 0.1) is 16.3 Å². The Morgan fingerprint density at radius 1 is 1.09 bits per heavy atom. The van der Waals surface area contributed by atoms with E-state index >= 15 is 0 Å². The average molecular weight is 334 g/mol. The summed E-state index contributed by atoms with van der Waals surface area (Å²) >= 11 is 5.72. The summed E-state index contributed by atoms with van der Waals surface area (Å²) in [7, 11) is 0. The van der Waals surface area contributed by atoms with E-state index in [9.17, 15) is 22.4 Å². The smallest absolute Gasteiger partial charge is 0.404 e. The minimum absolute atomic E-state index is 0.160.